The van der Waals surface area contributed by atoms with Gasteiger partial charge in [-0.05, 0) is 25.8 Å². The molecule has 3 nitrogen and oxygen atoms in total. The van der Waals surface area contributed by atoms with E-state index in [1.807, 2.05) is 7.05 Å². The van der Waals surface area contributed by atoms with E-state index in [4.69, 9.17) is 5.26 Å². The molecule has 0 spiro atoms. The van der Waals surface area contributed by atoms with Gasteiger partial charge in [-0.2, -0.15) is 5.26 Å². The van der Waals surface area contributed by atoms with Crippen LogP contribution in [0.5, 0.6) is 0 Å². The number of nitrogens with one attached hydrogen (secondary N) is 1. The molecule has 0 aromatic rings. The Balaban J connectivity index is 2.42. The van der Waals surface area contributed by atoms with Crippen LogP contribution < -0.4 is 5.32 Å². The van der Waals surface area contributed by atoms with Crippen molar-refractivity contribution in [1.29, 1.82) is 5.26 Å². The first-order valence-electron chi connectivity index (χ1n) is 5.44. The van der Waals surface area contributed by atoms with Crippen LogP contribution >= 0.6 is 0 Å². The molecule has 1 aliphatic rings. The lowest BCUT2D eigenvalue weighted by molar-refractivity contribution is 0.157. The highest BCUT2D eigenvalue weighted by Gasteiger charge is 2.32. The summed E-state index contributed by atoms with van der Waals surface area (Å²) in [6.07, 6.45) is 1.90. The van der Waals surface area contributed by atoms with E-state index in [1.54, 1.807) is 0 Å². The molecule has 14 heavy (non-hydrogen) atoms. The maximum absolute atomic E-state index is 9.08. The van der Waals surface area contributed by atoms with E-state index in [-0.39, 0.29) is 5.54 Å². The van der Waals surface area contributed by atoms with Gasteiger partial charge in [-0.3, -0.25) is 0 Å². The summed E-state index contributed by atoms with van der Waals surface area (Å²) in [7, 11) is 1.89. The molecule has 3 heteroatoms. The normalized spacial score (nSPS) is 22.2. The molecule has 0 aromatic carbocycles. The zero-order chi connectivity index (χ0) is 10.6. The van der Waals surface area contributed by atoms with Crippen molar-refractivity contribution >= 4 is 0 Å². The number of nitriles is 1. The van der Waals surface area contributed by atoms with Crippen LogP contribution in [-0.4, -0.2) is 37.1 Å². The molecule has 0 radical (unpaired) electrons. The van der Waals surface area contributed by atoms with E-state index >= 15 is 0 Å². The lowest BCUT2D eigenvalue weighted by Gasteiger charge is -2.37. The van der Waals surface area contributed by atoms with Gasteiger partial charge in [-0.25, -0.2) is 0 Å². The van der Waals surface area contributed by atoms with Crippen LogP contribution in [0.2, 0.25) is 0 Å². The highest BCUT2D eigenvalue weighted by molar-refractivity contribution is 5.08. The van der Waals surface area contributed by atoms with Crippen molar-refractivity contribution < 1.29 is 0 Å². The second-order valence-electron chi connectivity index (χ2n) is 4.64. The maximum Gasteiger partial charge on any atom is 0.108 e. The standard InChI is InChI=1S/C11H21N3/c1-10(2)8-14-6-4-11(9-12,13-3)5-7-14/h10,13H,4-8H2,1-3H3. The van der Waals surface area contributed by atoms with Gasteiger partial charge in [0, 0.05) is 19.6 Å². The number of nitrogens with zero attached hydrogens (tertiary/aromatic N) is 2. The van der Waals surface area contributed by atoms with Crippen molar-refractivity contribution in [3.63, 3.8) is 0 Å². The highest BCUT2D eigenvalue weighted by atomic mass is 15.1. The Kier molecular flexibility index (Phi) is 3.91. The van der Waals surface area contributed by atoms with Crippen LogP contribution in [0.15, 0.2) is 0 Å². The Labute approximate surface area is 87.1 Å². The van der Waals surface area contributed by atoms with Gasteiger partial charge >= 0.3 is 0 Å². The monoisotopic (exact) mass is 195 g/mol. The molecule has 1 rings (SSSR count). The van der Waals surface area contributed by atoms with Gasteiger partial charge in [0.15, 0.2) is 0 Å². The van der Waals surface area contributed by atoms with Crippen LogP contribution in [0.3, 0.4) is 0 Å². The minimum Gasteiger partial charge on any atom is -0.303 e. The van der Waals surface area contributed by atoms with E-state index < -0.39 is 0 Å². The molecule has 0 saturated carbocycles. The Morgan fingerprint density at radius 3 is 2.36 bits per heavy atom. The average Bonchev–Trinajstić information content (AvgIpc) is 2.19. The zero-order valence-corrected chi connectivity index (χ0v) is 9.51. The first kappa shape index (κ1) is 11.5. The van der Waals surface area contributed by atoms with Gasteiger partial charge in [-0.1, -0.05) is 13.8 Å². The number of hydrogen-bond acceptors (Lipinski definition) is 3. The lowest BCUT2D eigenvalue weighted by atomic mass is 9.89. The highest BCUT2D eigenvalue weighted by Crippen LogP contribution is 2.21. The summed E-state index contributed by atoms with van der Waals surface area (Å²) in [6.45, 7) is 7.73. The zero-order valence-electron chi connectivity index (χ0n) is 9.51. The van der Waals surface area contributed by atoms with E-state index in [1.165, 1.54) is 0 Å². The van der Waals surface area contributed by atoms with Crippen molar-refractivity contribution in [1.82, 2.24) is 10.2 Å². The molecule has 1 N–H and O–H groups in total. The number of rotatable bonds is 3. The van der Waals surface area contributed by atoms with Gasteiger partial charge < -0.3 is 10.2 Å². The fourth-order valence-electron chi connectivity index (χ4n) is 2.05. The van der Waals surface area contributed by atoms with Crippen LogP contribution in [0.1, 0.15) is 26.7 Å². The maximum atomic E-state index is 9.08. The van der Waals surface area contributed by atoms with Crippen LogP contribution in [0, 0.1) is 17.2 Å². The summed E-state index contributed by atoms with van der Waals surface area (Å²) in [4.78, 5) is 2.46. The summed E-state index contributed by atoms with van der Waals surface area (Å²) in [5, 5.41) is 12.2. The SMILES string of the molecule is CNC1(C#N)CCN(CC(C)C)CC1. The Morgan fingerprint density at radius 1 is 1.43 bits per heavy atom. The largest absolute Gasteiger partial charge is 0.303 e. The smallest absolute Gasteiger partial charge is 0.108 e. The predicted molar refractivity (Wildman–Crippen MR) is 57.9 cm³/mol. The van der Waals surface area contributed by atoms with Crippen molar-refractivity contribution in [2.75, 3.05) is 26.7 Å². The second kappa shape index (κ2) is 4.77. The van der Waals surface area contributed by atoms with Gasteiger partial charge in [0.2, 0.25) is 0 Å². The van der Waals surface area contributed by atoms with Crippen LogP contribution in [0.4, 0.5) is 0 Å². The van der Waals surface area contributed by atoms with E-state index in [9.17, 15) is 0 Å². The molecule has 80 valence electrons. The minimum absolute atomic E-state index is 0.256. The molecule has 1 saturated heterocycles. The molecule has 0 unspecified atom stereocenters. The summed E-state index contributed by atoms with van der Waals surface area (Å²) in [5.74, 6) is 0.721. The fourth-order valence-corrected chi connectivity index (χ4v) is 2.05. The molecule has 0 bridgehead atoms. The first-order valence-corrected chi connectivity index (χ1v) is 5.44. The van der Waals surface area contributed by atoms with Gasteiger partial charge in [-0.15, -0.1) is 0 Å². The molecule has 0 amide bonds. The third-order valence-electron chi connectivity index (χ3n) is 3.03. The average molecular weight is 195 g/mol. The predicted octanol–water partition coefficient (Wildman–Crippen LogP) is 1.22. The molecule has 1 fully saturated rings. The number of piperidine rings is 1. The molecular weight excluding hydrogens is 174 g/mol. The molecule has 1 heterocycles. The fraction of sp³-hybridized carbons (Fsp3) is 0.909. The van der Waals surface area contributed by atoms with Gasteiger partial charge in [0.25, 0.3) is 0 Å². The Bertz CT molecular complexity index is 209. The number of hydrogen-bond donors (Lipinski definition) is 1. The molecule has 1 aliphatic heterocycles. The summed E-state index contributed by atoms with van der Waals surface area (Å²) >= 11 is 0. The molecular formula is C11H21N3. The summed E-state index contributed by atoms with van der Waals surface area (Å²) in [5.41, 5.74) is -0.256. The van der Waals surface area contributed by atoms with Crippen molar-refractivity contribution in [2.24, 2.45) is 5.92 Å². The topological polar surface area (TPSA) is 39.1 Å². The van der Waals surface area contributed by atoms with Crippen LogP contribution in [-0.2, 0) is 0 Å². The third-order valence-corrected chi connectivity index (χ3v) is 3.03. The van der Waals surface area contributed by atoms with E-state index in [2.05, 4.69) is 30.1 Å². The summed E-state index contributed by atoms with van der Waals surface area (Å²) in [6, 6.07) is 2.40. The molecule has 0 atom stereocenters. The van der Waals surface area contributed by atoms with Gasteiger partial charge in [0.05, 0.1) is 6.07 Å². The Morgan fingerprint density at radius 2 is 2.00 bits per heavy atom. The third kappa shape index (κ3) is 2.70. The minimum atomic E-state index is -0.256. The van der Waals surface area contributed by atoms with E-state index in [0.29, 0.717) is 0 Å². The second-order valence-corrected chi connectivity index (χ2v) is 4.64. The Hall–Kier alpha value is -0.590. The summed E-state index contributed by atoms with van der Waals surface area (Å²) < 4.78 is 0. The number of likely N-dealkylation sites (tertiary alicyclic amines) is 1. The van der Waals surface area contributed by atoms with Crippen molar-refractivity contribution in [2.45, 2.75) is 32.2 Å². The van der Waals surface area contributed by atoms with E-state index in [0.717, 1.165) is 38.4 Å². The lowest BCUT2D eigenvalue weighted by Crippen LogP contribution is -2.51. The van der Waals surface area contributed by atoms with Crippen LogP contribution in [0.25, 0.3) is 0 Å². The van der Waals surface area contributed by atoms with Crippen molar-refractivity contribution in [3.8, 4) is 6.07 Å². The molecule has 0 aromatic heterocycles. The van der Waals surface area contributed by atoms with Crippen molar-refractivity contribution in [3.05, 3.63) is 0 Å². The first-order chi connectivity index (χ1) is 6.62. The van der Waals surface area contributed by atoms with Gasteiger partial charge in [0.1, 0.15) is 5.54 Å². The quantitative estimate of drug-likeness (QED) is 0.736. The molecule has 0 aliphatic carbocycles.